The maximum Gasteiger partial charge on any atom is 0.222 e. The molecule has 1 amide bonds. The Morgan fingerprint density at radius 2 is 2.04 bits per heavy atom. The van der Waals surface area contributed by atoms with Crippen LogP contribution in [-0.2, 0) is 17.8 Å². The van der Waals surface area contributed by atoms with Crippen LogP contribution in [0.15, 0.2) is 36.5 Å². The summed E-state index contributed by atoms with van der Waals surface area (Å²) in [6.07, 6.45) is 5.58. The second-order valence-electron chi connectivity index (χ2n) is 6.33. The van der Waals surface area contributed by atoms with Gasteiger partial charge in [0.25, 0.3) is 0 Å². The van der Waals surface area contributed by atoms with Crippen LogP contribution >= 0.6 is 0 Å². The Morgan fingerprint density at radius 1 is 1.22 bits per heavy atom. The molecule has 1 aromatic carbocycles. The van der Waals surface area contributed by atoms with Crippen molar-refractivity contribution in [3.05, 3.63) is 47.8 Å². The minimum atomic E-state index is 0.293. The van der Waals surface area contributed by atoms with Gasteiger partial charge in [-0.15, -0.1) is 5.10 Å². The van der Waals surface area contributed by atoms with Crippen molar-refractivity contribution < 1.29 is 4.79 Å². The maximum absolute atomic E-state index is 11.6. The lowest BCUT2D eigenvalue weighted by atomic mass is 9.97. The fourth-order valence-electron chi connectivity index (χ4n) is 3.12. The molecule has 1 saturated heterocycles. The highest BCUT2D eigenvalue weighted by atomic mass is 16.2. The summed E-state index contributed by atoms with van der Waals surface area (Å²) in [5.41, 5.74) is 2.35. The zero-order valence-corrected chi connectivity index (χ0v) is 13.7. The van der Waals surface area contributed by atoms with Crippen LogP contribution in [0.3, 0.4) is 0 Å². The van der Waals surface area contributed by atoms with Crippen LogP contribution in [0.2, 0.25) is 0 Å². The number of carbonyl (C=O) groups is 1. The van der Waals surface area contributed by atoms with Gasteiger partial charge < -0.3 is 4.90 Å². The van der Waals surface area contributed by atoms with Crippen LogP contribution in [0.5, 0.6) is 0 Å². The van der Waals surface area contributed by atoms with Crippen molar-refractivity contribution in [2.75, 3.05) is 13.1 Å². The topological polar surface area (TPSA) is 51.0 Å². The van der Waals surface area contributed by atoms with E-state index in [0.29, 0.717) is 18.2 Å². The molecular formula is C18H24N4O. The van der Waals surface area contributed by atoms with E-state index in [2.05, 4.69) is 41.5 Å². The summed E-state index contributed by atoms with van der Waals surface area (Å²) in [5, 5.41) is 8.49. The molecule has 23 heavy (non-hydrogen) atoms. The summed E-state index contributed by atoms with van der Waals surface area (Å²) in [7, 11) is 0. The summed E-state index contributed by atoms with van der Waals surface area (Å²) in [4.78, 5) is 13.5. The van der Waals surface area contributed by atoms with Gasteiger partial charge in [-0.3, -0.25) is 9.48 Å². The first-order valence-corrected chi connectivity index (χ1v) is 8.44. The third-order valence-corrected chi connectivity index (χ3v) is 4.46. The highest BCUT2D eigenvalue weighted by Gasteiger charge is 2.19. The smallest absolute Gasteiger partial charge is 0.222 e. The molecule has 1 unspecified atom stereocenters. The molecule has 2 heterocycles. The number of amides is 1. The normalized spacial score (nSPS) is 16.0. The minimum absolute atomic E-state index is 0.293. The average molecular weight is 312 g/mol. The molecule has 0 bridgehead atoms. The van der Waals surface area contributed by atoms with Gasteiger partial charge in [-0.05, 0) is 30.7 Å². The molecule has 0 spiro atoms. The fraction of sp³-hybridized carbons (Fsp3) is 0.500. The molecule has 0 N–H and O–H groups in total. The van der Waals surface area contributed by atoms with E-state index in [1.807, 2.05) is 21.8 Å². The zero-order valence-electron chi connectivity index (χ0n) is 13.7. The quantitative estimate of drug-likeness (QED) is 0.790. The predicted molar refractivity (Wildman–Crippen MR) is 89.0 cm³/mol. The molecule has 0 saturated carbocycles. The summed E-state index contributed by atoms with van der Waals surface area (Å²) < 4.78 is 1.90. The van der Waals surface area contributed by atoms with Crippen LogP contribution in [0.4, 0.5) is 0 Å². The Labute approximate surface area is 137 Å². The Bertz CT molecular complexity index is 637. The van der Waals surface area contributed by atoms with E-state index < -0.39 is 0 Å². The summed E-state index contributed by atoms with van der Waals surface area (Å²) >= 11 is 0. The number of benzene rings is 1. The Kier molecular flexibility index (Phi) is 5.05. The van der Waals surface area contributed by atoms with E-state index in [-0.39, 0.29) is 0 Å². The molecule has 1 aromatic heterocycles. The highest BCUT2D eigenvalue weighted by molar-refractivity contribution is 5.77. The monoisotopic (exact) mass is 312 g/mol. The highest BCUT2D eigenvalue weighted by Crippen LogP contribution is 2.18. The number of likely N-dealkylation sites (tertiary alicyclic amines) is 1. The predicted octanol–water partition coefficient (Wildman–Crippen LogP) is 2.64. The van der Waals surface area contributed by atoms with E-state index in [1.54, 1.807) is 0 Å². The van der Waals surface area contributed by atoms with E-state index in [4.69, 9.17) is 0 Å². The third kappa shape index (κ3) is 4.18. The average Bonchev–Trinajstić information content (AvgIpc) is 3.18. The first kappa shape index (κ1) is 15.7. The van der Waals surface area contributed by atoms with Crippen molar-refractivity contribution in [3.63, 3.8) is 0 Å². The molecule has 122 valence electrons. The van der Waals surface area contributed by atoms with Gasteiger partial charge in [0.05, 0.1) is 5.69 Å². The number of aromatic nitrogens is 3. The number of carbonyl (C=O) groups excluding carboxylic acids is 1. The van der Waals surface area contributed by atoms with E-state index >= 15 is 0 Å². The number of rotatable bonds is 7. The Hall–Kier alpha value is -2.17. The molecule has 5 heteroatoms. The molecule has 3 rings (SSSR count). The van der Waals surface area contributed by atoms with Crippen LogP contribution in [0.25, 0.3) is 0 Å². The lowest BCUT2D eigenvalue weighted by molar-refractivity contribution is -0.127. The van der Waals surface area contributed by atoms with Gasteiger partial charge in [0.2, 0.25) is 5.91 Å². The van der Waals surface area contributed by atoms with Gasteiger partial charge in [-0.2, -0.15) is 0 Å². The van der Waals surface area contributed by atoms with E-state index in [1.165, 1.54) is 5.56 Å². The molecule has 1 atom stereocenters. The Morgan fingerprint density at radius 3 is 2.78 bits per heavy atom. The largest absolute Gasteiger partial charge is 0.343 e. The zero-order chi connectivity index (χ0) is 16.1. The molecule has 2 aromatic rings. The molecule has 0 radical (unpaired) electrons. The van der Waals surface area contributed by atoms with Gasteiger partial charge in [0.15, 0.2) is 0 Å². The summed E-state index contributed by atoms with van der Waals surface area (Å²) in [6.45, 7) is 4.77. The van der Waals surface area contributed by atoms with Crippen molar-refractivity contribution in [3.8, 4) is 0 Å². The molecule has 1 aliphatic heterocycles. The van der Waals surface area contributed by atoms with Gasteiger partial charge in [0, 0.05) is 32.3 Å². The first-order valence-electron chi connectivity index (χ1n) is 8.44. The third-order valence-electron chi connectivity index (χ3n) is 4.46. The molecule has 5 nitrogen and oxygen atoms in total. The van der Waals surface area contributed by atoms with Crippen molar-refractivity contribution in [2.24, 2.45) is 0 Å². The molecule has 1 aliphatic rings. The first-order chi connectivity index (χ1) is 11.2. The maximum atomic E-state index is 11.6. The van der Waals surface area contributed by atoms with Gasteiger partial charge in [-0.25, -0.2) is 0 Å². The molecular weight excluding hydrogens is 288 g/mol. The van der Waals surface area contributed by atoms with Crippen molar-refractivity contribution in [1.29, 1.82) is 0 Å². The summed E-state index contributed by atoms with van der Waals surface area (Å²) in [5.74, 6) is 0.726. The van der Waals surface area contributed by atoms with Crippen molar-refractivity contribution in [1.82, 2.24) is 19.9 Å². The van der Waals surface area contributed by atoms with Crippen LogP contribution < -0.4 is 0 Å². The lowest BCUT2D eigenvalue weighted by Gasteiger charge is -2.14. The molecule has 0 aliphatic carbocycles. The lowest BCUT2D eigenvalue weighted by Crippen LogP contribution is -2.26. The standard InChI is InChI=1S/C18H24N4O/c1-15(16-7-3-2-4-8-16)13-17-14-22(20-19-17)12-6-11-21-10-5-9-18(21)23/h2-4,7-8,14-15H,5-6,9-13H2,1H3. The van der Waals surface area contributed by atoms with Crippen LogP contribution in [0, 0.1) is 0 Å². The van der Waals surface area contributed by atoms with Gasteiger partial charge in [-0.1, -0.05) is 42.5 Å². The van der Waals surface area contributed by atoms with Crippen LogP contribution in [-0.4, -0.2) is 38.9 Å². The SMILES string of the molecule is CC(Cc1cn(CCCN2CCCC2=O)nn1)c1ccccc1. The fourth-order valence-corrected chi connectivity index (χ4v) is 3.12. The number of nitrogens with zero attached hydrogens (tertiary/aromatic N) is 4. The number of aryl methyl sites for hydroxylation is 1. The number of hydrogen-bond donors (Lipinski definition) is 0. The number of hydrogen-bond acceptors (Lipinski definition) is 3. The van der Waals surface area contributed by atoms with Crippen molar-refractivity contribution >= 4 is 5.91 Å². The van der Waals surface area contributed by atoms with Gasteiger partial charge in [0.1, 0.15) is 0 Å². The molecule has 1 fully saturated rings. The Balaban J connectivity index is 1.47. The van der Waals surface area contributed by atoms with E-state index in [0.717, 1.165) is 44.6 Å². The van der Waals surface area contributed by atoms with Crippen molar-refractivity contribution in [2.45, 2.75) is 45.1 Å². The van der Waals surface area contributed by atoms with E-state index in [9.17, 15) is 4.79 Å². The summed E-state index contributed by atoms with van der Waals surface area (Å²) in [6, 6.07) is 10.5. The van der Waals surface area contributed by atoms with Crippen LogP contribution in [0.1, 0.15) is 43.4 Å². The minimum Gasteiger partial charge on any atom is -0.343 e. The second-order valence-corrected chi connectivity index (χ2v) is 6.33. The second kappa shape index (κ2) is 7.40. The van der Waals surface area contributed by atoms with Gasteiger partial charge >= 0.3 is 0 Å².